The number of alkyl halides is 3. The van der Waals surface area contributed by atoms with Crippen molar-refractivity contribution in [3.8, 4) is 11.4 Å². The number of hydrogen-bond donors (Lipinski definition) is 2. The molecule has 1 aliphatic heterocycles. The zero-order chi connectivity index (χ0) is 17.2. The number of hydrogen-bond acceptors (Lipinski definition) is 5. The molecular weight excluding hydrogens is 361 g/mol. The Labute approximate surface area is 147 Å². The summed E-state index contributed by atoms with van der Waals surface area (Å²) in [4.78, 5) is 15.5. The highest BCUT2D eigenvalue weighted by Gasteiger charge is 2.38. The first kappa shape index (κ1) is 19.2. The van der Waals surface area contributed by atoms with Crippen molar-refractivity contribution in [2.24, 2.45) is 5.92 Å². The molecule has 2 N–H and O–H groups in total. The predicted octanol–water partition coefficient (Wildman–Crippen LogP) is 3.12. The fraction of sp³-hybridized carbons (Fsp3) is 0.400. The van der Waals surface area contributed by atoms with Gasteiger partial charge in [-0.1, -0.05) is 5.16 Å². The number of nitrogens with zero attached hydrogens (tertiary/aromatic N) is 2. The van der Waals surface area contributed by atoms with Crippen LogP contribution in [0.4, 0.5) is 18.9 Å². The number of rotatable bonds is 3. The Balaban J connectivity index is 0.00000225. The van der Waals surface area contributed by atoms with Gasteiger partial charge >= 0.3 is 12.1 Å². The molecule has 0 unspecified atom stereocenters. The first-order valence-corrected chi connectivity index (χ1v) is 7.46. The lowest BCUT2D eigenvalue weighted by Crippen LogP contribution is -2.34. The highest BCUT2D eigenvalue weighted by Crippen LogP contribution is 2.29. The number of halogens is 4. The maximum Gasteiger partial charge on any atom is 0.471 e. The number of carbonyl (C=O) groups is 1. The van der Waals surface area contributed by atoms with Crippen LogP contribution in [0.15, 0.2) is 28.8 Å². The summed E-state index contributed by atoms with van der Waals surface area (Å²) in [5.74, 6) is -1.63. The van der Waals surface area contributed by atoms with Gasteiger partial charge in [0.2, 0.25) is 11.7 Å². The fourth-order valence-corrected chi connectivity index (χ4v) is 2.49. The largest absolute Gasteiger partial charge is 0.471 e. The number of aromatic nitrogens is 2. The highest BCUT2D eigenvalue weighted by atomic mass is 35.5. The van der Waals surface area contributed by atoms with E-state index in [1.165, 1.54) is 12.1 Å². The SMILES string of the molecule is Cl.O=C(Nc1ccc(-c2noc(C(F)(F)F)n2)cc1)C1CCNCC1. The quantitative estimate of drug-likeness (QED) is 0.860. The molecule has 2 aromatic rings. The summed E-state index contributed by atoms with van der Waals surface area (Å²) < 4.78 is 41.6. The zero-order valence-electron chi connectivity index (χ0n) is 13.0. The van der Waals surface area contributed by atoms with Gasteiger partial charge in [0.1, 0.15) is 0 Å². The lowest BCUT2D eigenvalue weighted by molar-refractivity contribution is -0.159. The summed E-state index contributed by atoms with van der Waals surface area (Å²) in [7, 11) is 0. The van der Waals surface area contributed by atoms with Gasteiger partial charge in [-0.25, -0.2) is 0 Å². The molecule has 0 aliphatic carbocycles. The van der Waals surface area contributed by atoms with Crippen molar-refractivity contribution < 1.29 is 22.5 Å². The molecule has 3 rings (SSSR count). The summed E-state index contributed by atoms with van der Waals surface area (Å²) >= 11 is 0. The van der Waals surface area contributed by atoms with Crippen LogP contribution in [-0.2, 0) is 11.0 Å². The lowest BCUT2D eigenvalue weighted by atomic mass is 9.97. The van der Waals surface area contributed by atoms with Crippen molar-refractivity contribution in [3.63, 3.8) is 0 Å². The Morgan fingerprint density at radius 3 is 2.40 bits per heavy atom. The Morgan fingerprint density at radius 1 is 1.20 bits per heavy atom. The van der Waals surface area contributed by atoms with Crippen molar-refractivity contribution in [1.29, 1.82) is 0 Å². The van der Waals surface area contributed by atoms with Crippen LogP contribution >= 0.6 is 12.4 Å². The van der Waals surface area contributed by atoms with Gasteiger partial charge in [-0.05, 0) is 50.2 Å². The summed E-state index contributed by atoms with van der Waals surface area (Å²) in [5, 5.41) is 9.31. The number of piperidine rings is 1. The molecule has 0 atom stereocenters. The van der Waals surface area contributed by atoms with Crippen molar-refractivity contribution in [2.75, 3.05) is 18.4 Å². The summed E-state index contributed by atoms with van der Waals surface area (Å²) in [6, 6.07) is 6.25. The number of amides is 1. The van der Waals surface area contributed by atoms with Crippen LogP contribution in [0.3, 0.4) is 0 Å². The van der Waals surface area contributed by atoms with Crippen molar-refractivity contribution >= 4 is 24.0 Å². The first-order valence-electron chi connectivity index (χ1n) is 7.46. The van der Waals surface area contributed by atoms with Crippen molar-refractivity contribution in [1.82, 2.24) is 15.5 Å². The minimum Gasteiger partial charge on any atom is -0.329 e. The maximum atomic E-state index is 12.5. The van der Waals surface area contributed by atoms with Crippen LogP contribution in [-0.4, -0.2) is 29.1 Å². The van der Waals surface area contributed by atoms with E-state index in [-0.39, 0.29) is 30.1 Å². The molecule has 0 bridgehead atoms. The molecule has 1 aromatic heterocycles. The third-order valence-corrected chi connectivity index (χ3v) is 3.79. The van der Waals surface area contributed by atoms with Crippen LogP contribution in [0.2, 0.25) is 0 Å². The van der Waals surface area contributed by atoms with Gasteiger partial charge in [0.25, 0.3) is 0 Å². The van der Waals surface area contributed by atoms with Gasteiger partial charge in [0.15, 0.2) is 0 Å². The Morgan fingerprint density at radius 2 is 1.84 bits per heavy atom. The average molecular weight is 377 g/mol. The highest BCUT2D eigenvalue weighted by molar-refractivity contribution is 5.92. The van der Waals surface area contributed by atoms with E-state index in [0.717, 1.165) is 25.9 Å². The molecule has 0 spiro atoms. The van der Waals surface area contributed by atoms with Crippen LogP contribution in [0.5, 0.6) is 0 Å². The molecule has 1 fully saturated rings. The normalized spacial score (nSPS) is 15.5. The standard InChI is InChI=1S/C15H15F3N4O2.ClH/c16-15(17,18)14-21-12(22-24-14)9-1-3-11(4-2-9)20-13(23)10-5-7-19-8-6-10;/h1-4,10,19H,5-8H2,(H,20,23);1H. The summed E-state index contributed by atoms with van der Waals surface area (Å²) in [6.07, 6.45) is -3.10. The molecule has 1 aromatic carbocycles. The van der Waals surface area contributed by atoms with Gasteiger partial charge in [0, 0.05) is 17.2 Å². The second kappa shape index (κ2) is 7.83. The fourth-order valence-electron chi connectivity index (χ4n) is 2.49. The van der Waals surface area contributed by atoms with Crippen LogP contribution < -0.4 is 10.6 Å². The number of nitrogens with one attached hydrogen (secondary N) is 2. The van der Waals surface area contributed by atoms with E-state index >= 15 is 0 Å². The number of benzene rings is 1. The monoisotopic (exact) mass is 376 g/mol. The molecule has 1 aliphatic rings. The molecule has 10 heteroatoms. The molecule has 136 valence electrons. The smallest absolute Gasteiger partial charge is 0.329 e. The second-order valence-corrected chi connectivity index (χ2v) is 5.51. The second-order valence-electron chi connectivity index (χ2n) is 5.51. The molecule has 1 amide bonds. The lowest BCUT2D eigenvalue weighted by Gasteiger charge is -2.21. The molecular formula is C15H16ClF3N4O2. The van der Waals surface area contributed by atoms with Crippen LogP contribution in [0.25, 0.3) is 11.4 Å². The molecule has 6 nitrogen and oxygen atoms in total. The molecule has 25 heavy (non-hydrogen) atoms. The van der Waals surface area contributed by atoms with Gasteiger partial charge in [-0.2, -0.15) is 18.2 Å². The Hall–Kier alpha value is -2.13. The van der Waals surface area contributed by atoms with Crippen molar-refractivity contribution in [2.45, 2.75) is 19.0 Å². The number of carbonyl (C=O) groups excluding carboxylic acids is 1. The minimum atomic E-state index is -4.67. The van der Waals surface area contributed by atoms with Gasteiger partial charge < -0.3 is 15.2 Å². The van der Waals surface area contributed by atoms with Crippen molar-refractivity contribution in [3.05, 3.63) is 30.2 Å². The van der Waals surface area contributed by atoms with E-state index in [0.29, 0.717) is 11.3 Å². The summed E-state index contributed by atoms with van der Waals surface area (Å²) in [6.45, 7) is 1.63. The Bertz CT molecular complexity index is 712. The minimum absolute atomic E-state index is 0. The maximum absolute atomic E-state index is 12.5. The van der Waals surface area contributed by atoms with E-state index in [1.807, 2.05) is 0 Å². The van der Waals surface area contributed by atoms with Gasteiger partial charge in [-0.3, -0.25) is 4.79 Å². The molecule has 1 saturated heterocycles. The molecule has 2 heterocycles. The van der Waals surface area contributed by atoms with Gasteiger partial charge in [0.05, 0.1) is 0 Å². The van der Waals surface area contributed by atoms with Crippen LogP contribution in [0.1, 0.15) is 18.7 Å². The van der Waals surface area contributed by atoms with E-state index in [9.17, 15) is 18.0 Å². The third-order valence-electron chi connectivity index (χ3n) is 3.79. The Kier molecular flexibility index (Phi) is 6.02. The predicted molar refractivity (Wildman–Crippen MR) is 86.2 cm³/mol. The first-order chi connectivity index (χ1) is 11.4. The van der Waals surface area contributed by atoms with E-state index in [2.05, 4.69) is 25.3 Å². The third kappa shape index (κ3) is 4.70. The zero-order valence-corrected chi connectivity index (χ0v) is 13.8. The molecule has 0 radical (unpaired) electrons. The van der Waals surface area contributed by atoms with Gasteiger partial charge in [-0.15, -0.1) is 12.4 Å². The van der Waals surface area contributed by atoms with Crippen LogP contribution in [0, 0.1) is 5.92 Å². The van der Waals surface area contributed by atoms with E-state index in [4.69, 9.17) is 0 Å². The molecule has 0 saturated carbocycles. The topological polar surface area (TPSA) is 80.1 Å². The average Bonchev–Trinajstić information content (AvgIpc) is 3.07. The number of anilines is 1. The summed E-state index contributed by atoms with van der Waals surface area (Å²) in [5.41, 5.74) is 0.941. The van der Waals surface area contributed by atoms with E-state index in [1.54, 1.807) is 12.1 Å². The van der Waals surface area contributed by atoms with E-state index < -0.39 is 12.1 Å².